The monoisotopic (exact) mass is 360 g/mol. The molecule has 3 atom stereocenters. The first-order valence-corrected chi connectivity index (χ1v) is 10.4. The highest BCUT2D eigenvalue weighted by Crippen LogP contribution is 2.59. The summed E-state index contributed by atoms with van der Waals surface area (Å²) in [5.41, 5.74) is 6.39. The minimum atomic E-state index is -3.25. The summed E-state index contributed by atoms with van der Waals surface area (Å²) < 4.78 is 23.8. The first kappa shape index (κ1) is 21.4. The molecule has 24 heavy (non-hydrogen) atoms. The zero-order valence-electron chi connectivity index (χ0n) is 15.6. The Morgan fingerprint density at radius 2 is 1.96 bits per heavy atom. The number of amides is 1. The van der Waals surface area contributed by atoms with Gasteiger partial charge in [-0.3, -0.25) is 9.36 Å². The topological polar surface area (TPSA) is 90.6 Å². The van der Waals surface area contributed by atoms with Gasteiger partial charge in [0, 0.05) is 24.3 Å². The molecule has 0 saturated heterocycles. The standard InChI is InChI=1S/C17H33N2O4P/c1-6-22-24(21,23-7-2)14-8-9-15(16(18)11-14)17(10-12(3)4)19-13(5)20/h8,12,15-17H,6-7,9-11,18H2,1-5H3,(H,19,20)/t15-,16-,17-/m0/s1. The van der Waals surface area contributed by atoms with Gasteiger partial charge in [-0.25, -0.2) is 0 Å². The van der Waals surface area contributed by atoms with E-state index in [1.807, 2.05) is 6.08 Å². The average Bonchev–Trinajstić information content (AvgIpc) is 2.46. The van der Waals surface area contributed by atoms with Gasteiger partial charge in [-0.1, -0.05) is 19.9 Å². The maximum Gasteiger partial charge on any atom is 0.357 e. The van der Waals surface area contributed by atoms with Crippen molar-refractivity contribution in [2.75, 3.05) is 13.2 Å². The SMILES string of the molecule is CCOP(=O)(OCC)C1=CC[C@H]([C@H](CC(C)C)NC(C)=O)[C@@H](N)C1. The molecular weight excluding hydrogens is 327 g/mol. The van der Waals surface area contributed by atoms with Crippen LogP contribution in [0, 0.1) is 11.8 Å². The van der Waals surface area contributed by atoms with Crippen LogP contribution in [0.25, 0.3) is 0 Å². The van der Waals surface area contributed by atoms with Crippen molar-refractivity contribution in [2.24, 2.45) is 17.6 Å². The predicted octanol–water partition coefficient (Wildman–Crippen LogP) is 3.42. The first-order valence-electron chi connectivity index (χ1n) is 8.84. The Kier molecular flexibility index (Phi) is 8.65. The van der Waals surface area contributed by atoms with E-state index < -0.39 is 7.60 Å². The van der Waals surface area contributed by atoms with Crippen LogP contribution in [-0.4, -0.2) is 31.2 Å². The van der Waals surface area contributed by atoms with Gasteiger partial charge < -0.3 is 20.1 Å². The third-order valence-corrected chi connectivity index (χ3v) is 6.47. The zero-order valence-corrected chi connectivity index (χ0v) is 16.5. The van der Waals surface area contributed by atoms with Crippen molar-refractivity contribution in [3.8, 4) is 0 Å². The fraction of sp³-hybridized carbons (Fsp3) is 0.824. The minimum absolute atomic E-state index is 0.0221. The van der Waals surface area contributed by atoms with Crippen LogP contribution < -0.4 is 11.1 Å². The molecule has 3 N–H and O–H groups in total. The Morgan fingerprint density at radius 1 is 1.38 bits per heavy atom. The molecule has 0 saturated carbocycles. The third kappa shape index (κ3) is 5.99. The van der Waals surface area contributed by atoms with Crippen LogP contribution in [0.3, 0.4) is 0 Å². The van der Waals surface area contributed by atoms with Crippen molar-refractivity contribution in [3.63, 3.8) is 0 Å². The number of hydrogen-bond donors (Lipinski definition) is 2. The van der Waals surface area contributed by atoms with Gasteiger partial charge in [-0.05, 0) is 44.9 Å². The molecule has 0 heterocycles. The quantitative estimate of drug-likeness (QED) is 0.615. The van der Waals surface area contributed by atoms with Crippen LogP contribution in [0.1, 0.15) is 53.9 Å². The lowest BCUT2D eigenvalue weighted by atomic mass is 9.80. The molecule has 1 aliphatic carbocycles. The number of nitrogens with one attached hydrogen (secondary N) is 1. The average molecular weight is 360 g/mol. The summed E-state index contributed by atoms with van der Waals surface area (Å²) in [6, 6.07) is -0.163. The van der Waals surface area contributed by atoms with E-state index in [2.05, 4.69) is 19.2 Å². The molecule has 0 aromatic heterocycles. The number of carbonyl (C=O) groups is 1. The van der Waals surface area contributed by atoms with Crippen molar-refractivity contribution in [1.29, 1.82) is 0 Å². The third-order valence-electron chi connectivity index (χ3n) is 4.20. The van der Waals surface area contributed by atoms with Gasteiger partial charge in [0.1, 0.15) is 0 Å². The maximum atomic E-state index is 12.9. The lowest BCUT2D eigenvalue weighted by Crippen LogP contribution is -2.48. The molecule has 0 fully saturated rings. The molecule has 0 aliphatic heterocycles. The highest BCUT2D eigenvalue weighted by Gasteiger charge is 2.38. The zero-order chi connectivity index (χ0) is 18.3. The van der Waals surface area contributed by atoms with Gasteiger partial charge in [0.2, 0.25) is 5.91 Å². The Bertz CT molecular complexity index is 483. The summed E-state index contributed by atoms with van der Waals surface area (Å²) in [7, 11) is -3.25. The second-order valence-corrected chi connectivity index (χ2v) is 8.82. The molecule has 0 aromatic rings. The minimum Gasteiger partial charge on any atom is -0.353 e. The van der Waals surface area contributed by atoms with Crippen molar-refractivity contribution in [2.45, 2.75) is 66.0 Å². The van der Waals surface area contributed by atoms with Gasteiger partial charge in [0.15, 0.2) is 0 Å². The number of rotatable bonds is 9. The molecule has 1 rings (SSSR count). The fourth-order valence-electron chi connectivity index (χ4n) is 3.26. The van der Waals surface area contributed by atoms with E-state index in [1.54, 1.807) is 13.8 Å². The molecule has 0 unspecified atom stereocenters. The van der Waals surface area contributed by atoms with Crippen molar-refractivity contribution in [1.82, 2.24) is 5.32 Å². The molecule has 140 valence electrons. The maximum absolute atomic E-state index is 12.9. The summed E-state index contributed by atoms with van der Waals surface area (Å²) in [4.78, 5) is 11.5. The summed E-state index contributed by atoms with van der Waals surface area (Å²) >= 11 is 0. The molecule has 1 amide bonds. The van der Waals surface area contributed by atoms with Crippen LogP contribution >= 0.6 is 7.60 Å². The second-order valence-electron chi connectivity index (χ2n) is 6.73. The Labute approximate surface area is 146 Å². The second kappa shape index (κ2) is 9.71. The number of carbonyl (C=O) groups excluding carboxylic acids is 1. The van der Waals surface area contributed by atoms with Crippen LogP contribution in [0.15, 0.2) is 11.4 Å². The molecule has 7 heteroatoms. The first-order chi connectivity index (χ1) is 11.2. The Morgan fingerprint density at radius 3 is 2.38 bits per heavy atom. The lowest BCUT2D eigenvalue weighted by molar-refractivity contribution is -0.120. The van der Waals surface area contributed by atoms with E-state index in [1.165, 1.54) is 6.92 Å². The summed E-state index contributed by atoms with van der Waals surface area (Å²) in [5, 5.41) is 3.70. The summed E-state index contributed by atoms with van der Waals surface area (Å²) in [5.74, 6) is 0.533. The van der Waals surface area contributed by atoms with Crippen LogP contribution in [0.2, 0.25) is 0 Å². The Hall–Kier alpha value is -0.680. The number of allylic oxidation sites excluding steroid dienone is 1. The van der Waals surface area contributed by atoms with E-state index in [-0.39, 0.29) is 23.9 Å². The molecule has 0 spiro atoms. The predicted molar refractivity (Wildman–Crippen MR) is 96.7 cm³/mol. The van der Waals surface area contributed by atoms with E-state index in [9.17, 15) is 9.36 Å². The van der Waals surface area contributed by atoms with Gasteiger partial charge in [-0.2, -0.15) is 0 Å². The van der Waals surface area contributed by atoms with Gasteiger partial charge >= 0.3 is 7.60 Å². The van der Waals surface area contributed by atoms with Crippen molar-refractivity contribution >= 4 is 13.5 Å². The number of nitrogens with two attached hydrogens (primary N) is 1. The van der Waals surface area contributed by atoms with Crippen molar-refractivity contribution in [3.05, 3.63) is 11.4 Å². The molecule has 0 radical (unpaired) electrons. The van der Waals surface area contributed by atoms with Crippen LogP contribution in [-0.2, 0) is 18.4 Å². The number of hydrogen-bond acceptors (Lipinski definition) is 5. The lowest BCUT2D eigenvalue weighted by Gasteiger charge is -2.37. The smallest absolute Gasteiger partial charge is 0.353 e. The normalized spacial score (nSPS) is 23.0. The van der Waals surface area contributed by atoms with E-state index in [4.69, 9.17) is 14.8 Å². The molecule has 6 nitrogen and oxygen atoms in total. The van der Waals surface area contributed by atoms with Crippen molar-refractivity contribution < 1.29 is 18.4 Å². The largest absolute Gasteiger partial charge is 0.357 e. The van der Waals surface area contributed by atoms with E-state index in [0.717, 1.165) is 6.42 Å². The van der Waals surface area contributed by atoms with Crippen LogP contribution in [0.4, 0.5) is 0 Å². The fourth-order valence-corrected chi connectivity index (χ4v) is 5.11. The summed E-state index contributed by atoms with van der Waals surface area (Å²) in [6.07, 6.45) is 3.94. The summed E-state index contributed by atoms with van der Waals surface area (Å²) in [6.45, 7) is 10.0. The van der Waals surface area contributed by atoms with Gasteiger partial charge in [-0.15, -0.1) is 0 Å². The van der Waals surface area contributed by atoms with E-state index in [0.29, 0.717) is 37.3 Å². The highest BCUT2D eigenvalue weighted by atomic mass is 31.2. The van der Waals surface area contributed by atoms with Crippen LogP contribution in [0.5, 0.6) is 0 Å². The molecular formula is C17H33N2O4P. The Balaban J connectivity index is 2.95. The molecule has 0 bridgehead atoms. The van der Waals surface area contributed by atoms with Gasteiger partial charge in [0.25, 0.3) is 0 Å². The molecule has 1 aliphatic rings. The van der Waals surface area contributed by atoms with Gasteiger partial charge in [0.05, 0.1) is 13.2 Å². The molecule has 0 aromatic carbocycles. The highest BCUT2D eigenvalue weighted by molar-refractivity contribution is 7.58. The van der Waals surface area contributed by atoms with E-state index >= 15 is 0 Å².